The minimum Gasteiger partial charge on any atom is -0.449 e. The lowest BCUT2D eigenvalue weighted by Crippen LogP contribution is -2.42. The van der Waals surface area contributed by atoms with Crippen molar-refractivity contribution in [1.29, 1.82) is 0 Å². The number of carbonyl (C=O) groups excluding carboxylic acids is 3. The normalized spacial score (nSPS) is 14.0. The molecular weight excluding hydrogens is 356 g/mol. The van der Waals surface area contributed by atoms with Crippen LogP contribution in [0.15, 0.2) is 48.5 Å². The zero-order valence-electron chi connectivity index (χ0n) is 16.1. The molecule has 1 heterocycles. The Balaban J connectivity index is 1.63. The number of esters is 1. The van der Waals surface area contributed by atoms with Crippen LogP contribution in [0.4, 0.5) is 5.69 Å². The Labute approximate surface area is 164 Å². The average molecular weight is 380 g/mol. The van der Waals surface area contributed by atoms with Crippen molar-refractivity contribution in [1.82, 2.24) is 5.32 Å². The molecule has 6 heteroatoms. The topological polar surface area (TPSA) is 75.7 Å². The molecule has 2 aromatic rings. The van der Waals surface area contributed by atoms with Gasteiger partial charge >= 0.3 is 5.97 Å². The first-order valence-corrected chi connectivity index (χ1v) is 9.39. The minimum atomic E-state index is -0.877. The molecular formula is C22H24N2O4. The van der Waals surface area contributed by atoms with E-state index in [-0.39, 0.29) is 11.8 Å². The molecule has 0 saturated carbocycles. The Hall–Kier alpha value is -3.15. The third kappa shape index (κ3) is 4.57. The van der Waals surface area contributed by atoms with Gasteiger partial charge in [-0.25, -0.2) is 4.79 Å². The summed E-state index contributed by atoms with van der Waals surface area (Å²) in [5, 5.41) is 2.70. The fraction of sp³-hybridized carbons (Fsp3) is 0.318. The van der Waals surface area contributed by atoms with Crippen molar-refractivity contribution < 1.29 is 19.1 Å². The van der Waals surface area contributed by atoms with E-state index in [2.05, 4.69) is 5.32 Å². The molecule has 2 aromatic carbocycles. The second-order valence-electron chi connectivity index (χ2n) is 6.88. The lowest BCUT2D eigenvalue weighted by molar-refractivity contribution is -0.126. The Bertz CT molecular complexity index is 876. The number of ether oxygens (including phenoxy) is 1. The minimum absolute atomic E-state index is 0.116. The molecule has 0 spiro atoms. The number of benzene rings is 2. The summed E-state index contributed by atoms with van der Waals surface area (Å²) in [6, 6.07) is 14.6. The van der Waals surface area contributed by atoms with Crippen LogP contribution in [0.5, 0.6) is 0 Å². The second-order valence-corrected chi connectivity index (χ2v) is 6.88. The highest BCUT2D eigenvalue weighted by Gasteiger charge is 2.28. The summed E-state index contributed by atoms with van der Waals surface area (Å²) in [6.07, 6.45) is 0.954. The largest absolute Gasteiger partial charge is 0.449 e. The molecule has 0 fully saturated rings. The summed E-state index contributed by atoms with van der Waals surface area (Å²) in [5.41, 5.74) is 3.27. The van der Waals surface area contributed by atoms with Crippen LogP contribution in [0.2, 0.25) is 0 Å². The molecule has 1 N–H and O–H groups in total. The van der Waals surface area contributed by atoms with Gasteiger partial charge in [-0.05, 0) is 49.1 Å². The monoisotopic (exact) mass is 380 g/mol. The summed E-state index contributed by atoms with van der Waals surface area (Å²) < 4.78 is 5.40. The number of anilines is 1. The SMILES string of the molecule is CC(=O)NCc1ccc(C(=O)OC(C)C(=O)N2CCCc3ccccc32)cc1. The molecule has 0 aliphatic carbocycles. The Morgan fingerprint density at radius 1 is 1.11 bits per heavy atom. The first-order valence-electron chi connectivity index (χ1n) is 9.39. The molecule has 0 aromatic heterocycles. The number of hydrogen-bond acceptors (Lipinski definition) is 4. The van der Waals surface area contributed by atoms with Crippen LogP contribution in [0.25, 0.3) is 0 Å². The maximum atomic E-state index is 12.8. The molecule has 146 valence electrons. The maximum Gasteiger partial charge on any atom is 0.338 e. The molecule has 1 aliphatic rings. The van der Waals surface area contributed by atoms with Gasteiger partial charge in [0.2, 0.25) is 5.91 Å². The van der Waals surface area contributed by atoms with E-state index < -0.39 is 12.1 Å². The van der Waals surface area contributed by atoms with Crippen LogP contribution in [-0.2, 0) is 27.3 Å². The van der Waals surface area contributed by atoms with Gasteiger partial charge in [0.25, 0.3) is 5.91 Å². The van der Waals surface area contributed by atoms with E-state index in [1.165, 1.54) is 6.92 Å². The van der Waals surface area contributed by atoms with Gasteiger partial charge in [0.05, 0.1) is 5.56 Å². The van der Waals surface area contributed by atoms with E-state index in [9.17, 15) is 14.4 Å². The summed E-state index contributed by atoms with van der Waals surface area (Å²) in [7, 11) is 0. The second kappa shape index (κ2) is 8.69. The summed E-state index contributed by atoms with van der Waals surface area (Å²) in [4.78, 5) is 37.9. The lowest BCUT2D eigenvalue weighted by Gasteiger charge is -2.31. The fourth-order valence-electron chi connectivity index (χ4n) is 3.25. The predicted octanol–water partition coefficient (Wildman–Crippen LogP) is 2.85. The molecule has 1 atom stereocenters. The standard InChI is InChI=1S/C22H24N2O4/c1-15(21(26)24-13-5-7-18-6-3-4-8-20(18)24)28-22(27)19-11-9-17(10-12-19)14-23-16(2)25/h3-4,6,8-12,15H,5,7,13-14H2,1-2H3,(H,23,25). The van der Waals surface area contributed by atoms with Gasteiger partial charge in [-0.1, -0.05) is 30.3 Å². The van der Waals surface area contributed by atoms with E-state index in [0.717, 1.165) is 29.7 Å². The van der Waals surface area contributed by atoms with Crippen LogP contribution >= 0.6 is 0 Å². The number of para-hydroxylation sites is 1. The molecule has 2 amide bonds. The predicted molar refractivity (Wildman–Crippen MR) is 106 cm³/mol. The molecule has 0 radical (unpaired) electrons. The van der Waals surface area contributed by atoms with E-state index in [1.807, 2.05) is 24.3 Å². The van der Waals surface area contributed by atoms with Crippen LogP contribution in [0, 0.1) is 0 Å². The Morgan fingerprint density at radius 3 is 2.54 bits per heavy atom. The van der Waals surface area contributed by atoms with Crippen LogP contribution in [-0.4, -0.2) is 30.4 Å². The van der Waals surface area contributed by atoms with Gasteiger partial charge in [-0.2, -0.15) is 0 Å². The first kappa shape index (κ1) is 19.6. The summed E-state index contributed by atoms with van der Waals surface area (Å²) >= 11 is 0. The Kier molecular flexibility index (Phi) is 6.09. The molecule has 1 unspecified atom stereocenters. The molecule has 1 aliphatic heterocycles. The van der Waals surface area contributed by atoms with E-state index in [0.29, 0.717) is 18.7 Å². The highest BCUT2D eigenvalue weighted by Crippen LogP contribution is 2.27. The molecule has 0 bridgehead atoms. The zero-order valence-corrected chi connectivity index (χ0v) is 16.1. The van der Waals surface area contributed by atoms with Gasteiger partial charge in [0, 0.05) is 25.7 Å². The van der Waals surface area contributed by atoms with Gasteiger partial charge in [0.1, 0.15) is 0 Å². The van der Waals surface area contributed by atoms with Crippen molar-refractivity contribution in [2.24, 2.45) is 0 Å². The number of carbonyl (C=O) groups is 3. The maximum absolute atomic E-state index is 12.8. The summed E-state index contributed by atoms with van der Waals surface area (Å²) in [6.45, 7) is 4.07. The van der Waals surface area contributed by atoms with Crippen molar-refractivity contribution in [3.8, 4) is 0 Å². The van der Waals surface area contributed by atoms with Crippen molar-refractivity contribution in [2.75, 3.05) is 11.4 Å². The average Bonchev–Trinajstić information content (AvgIpc) is 2.71. The number of nitrogens with zero attached hydrogens (tertiary/aromatic N) is 1. The third-order valence-corrected chi connectivity index (χ3v) is 4.74. The molecule has 28 heavy (non-hydrogen) atoms. The van der Waals surface area contributed by atoms with Crippen LogP contribution in [0.3, 0.4) is 0 Å². The van der Waals surface area contributed by atoms with Gasteiger partial charge in [-0.3, -0.25) is 9.59 Å². The molecule has 0 saturated heterocycles. The fourth-order valence-corrected chi connectivity index (χ4v) is 3.25. The van der Waals surface area contributed by atoms with Crippen LogP contribution < -0.4 is 10.2 Å². The number of nitrogens with one attached hydrogen (secondary N) is 1. The lowest BCUT2D eigenvalue weighted by atomic mass is 10.0. The van der Waals surface area contributed by atoms with Crippen molar-refractivity contribution in [3.05, 3.63) is 65.2 Å². The highest BCUT2D eigenvalue weighted by atomic mass is 16.5. The van der Waals surface area contributed by atoms with E-state index >= 15 is 0 Å². The van der Waals surface area contributed by atoms with Crippen molar-refractivity contribution >= 4 is 23.5 Å². The number of rotatable bonds is 5. The first-order chi connectivity index (χ1) is 13.5. The zero-order chi connectivity index (χ0) is 20.1. The quantitative estimate of drug-likeness (QED) is 0.810. The highest BCUT2D eigenvalue weighted by molar-refractivity contribution is 5.99. The van der Waals surface area contributed by atoms with Crippen molar-refractivity contribution in [2.45, 2.75) is 39.3 Å². The molecule has 6 nitrogen and oxygen atoms in total. The number of fused-ring (bicyclic) bond motifs is 1. The van der Waals surface area contributed by atoms with E-state index in [4.69, 9.17) is 4.74 Å². The van der Waals surface area contributed by atoms with Gasteiger partial charge in [0.15, 0.2) is 6.10 Å². The van der Waals surface area contributed by atoms with E-state index in [1.54, 1.807) is 36.1 Å². The summed E-state index contributed by atoms with van der Waals surface area (Å²) in [5.74, 6) is -0.880. The van der Waals surface area contributed by atoms with Gasteiger partial charge < -0.3 is 15.0 Å². The van der Waals surface area contributed by atoms with Crippen LogP contribution in [0.1, 0.15) is 41.8 Å². The number of aryl methyl sites for hydroxylation is 1. The smallest absolute Gasteiger partial charge is 0.338 e. The Morgan fingerprint density at radius 2 is 1.82 bits per heavy atom. The van der Waals surface area contributed by atoms with Gasteiger partial charge in [-0.15, -0.1) is 0 Å². The third-order valence-electron chi connectivity index (χ3n) is 4.74. The van der Waals surface area contributed by atoms with Crippen molar-refractivity contribution in [3.63, 3.8) is 0 Å². The molecule has 3 rings (SSSR count). The number of amides is 2. The number of hydrogen-bond donors (Lipinski definition) is 1.